The smallest absolute Gasteiger partial charge is 0.283 e. The standard InChI is InChI=1S/C13H23NO4/c1-9(2)10-7-11(13(14)16)18-12(8-10)17-6-4-3-5-15/h7,9-10,12,15H,3-6,8H2,1-2H3,(H2,14,16)/t10-,12+/m0/s1. The van der Waals surface area contributed by atoms with Gasteiger partial charge >= 0.3 is 0 Å². The van der Waals surface area contributed by atoms with Gasteiger partial charge in [-0.3, -0.25) is 4.79 Å². The number of rotatable bonds is 7. The summed E-state index contributed by atoms with van der Waals surface area (Å²) < 4.78 is 11.0. The summed E-state index contributed by atoms with van der Waals surface area (Å²) in [6.45, 7) is 4.86. The summed E-state index contributed by atoms with van der Waals surface area (Å²) in [5.74, 6) is 0.298. The second-order valence-electron chi connectivity index (χ2n) is 4.89. The number of primary amides is 1. The molecule has 1 aliphatic rings. The minimum absolute atomic E-state index is 0.163. The number of carbonyl (C=O) groups is 1. The van der Waals surface area contributed by atoms with E-state index in [9.17, 15) is 4.79 Å². The molecule has 1 amide bonds. The summed E-state index contributed by atoms with van der Waals surface area (Å²) in [5, 5.41) is 8.68. The lowest BCUT2D eigenvalue weighted by Crippen LogP contribution is -2.32. The molecule has 0 unspecified atom stereocenters. The van der Waals surface area contributed by atoms with Crippen molar-refractivity contribution in [3.8, 4) is 0 Å². The number of ether oxygens (including phenoxy) is 2. The van der Waals surface area contributed by atoms with E-state index in [1.807, 2.05) is 0 Å². The third-order valence-corrected chi connectivity index (χ3v) is 3.04. The molecule has 0 aliphatic carbocycles. The average molecular weight is 257 g/mol. The summed E-state index contributed by atoms with van der Waals surface area (Å²) in [4.78, 5) is 11.2. The Morgan fingerprint density at radius 3 is 2.89 bits per heavy atom. The largest absolute Gasteiger partial charge is 0.459 e. The first kappa shape index (κ1) is 15.0. The number of hydrogen-bond donors (Lipinski definition) is 2. The molecule has 3 N–H and O–H groups in total. The highest BCUT2D eigenvalue weighted by Gasteiger charge is 2.28. The first-order valence-electron chi connectivity index (χ1n) is 6.45. The molecule has 1 heterocycles. The van der Waals surface area contributed by atoms with Gasteiger partial charge in [0.15, 0.2) is 5.76 Å². The van der Waals surface area contributed by atoms with Gasteiger partial charge in [0.2, 0.25) is 6.29 Å². The van der Waals surface area contributed by atoms with Crippen molar-refractivity contribution in [3.63, 3.8) is 0 Å². The zero-order valence-electron chi connectivity index (χ0n) is 11.1. The molecule has 0 saturated carbocycles. The Balaban J connectivity index is 2.51. The van der Waals surface area contributed by atoms with Gasteiger partial charge in [-0.2, -0.15) is 0 Å². The van der Waals surface area contributed by atoms with Crippen LogP contribution >= 0.6 is 0 Å². The molecule has 0 saturated heterocycles. The highest BCUT2D eigenvalue weighted by molar-refractivity contribution is 5.90. The Kier molecular flexibility index (Phi) is 6.15. The van der Waals surface area contributed by atoms with Gasteiger partial charge in [0.25, 0.3) is 5.91 Å². The van der Waals surface area contributed by atoms with Crippen LogP contribution in [0.1, 0.15) is 33.1 Å². The zero-order chi connectivity index (χ0) is 13.5. The van der Waals surface area contributed by atoms with Crippen molar-refractivity contribution in [1.29, 1.82) is 0 Å². The minimum Gasteiger partial charge on any atom is -0.459 e. The van der Waals surface area contributed by atoms with E-state index in [2.05, 4.69) is 13.8 Å². The third kappa shape index (κ3) is 4.66. The minimum atomic E-state index is -0.552. The van der Waals surface area contributed by atoms with E-state index >= 15 is 0 Å². The molecule has 5 nitrogen and oxygen atoms in total. The number of aliphatic hydroxyl groups is 1. The number of carbonyl (C=O) groups excluding carboxylic acids is 1. The molecular formula is C13H23NO4. The highest BCUT2D eigenvalue weighted by atomic mass is 16.7. The summed E-state index contributed by atoms with van der Waals surface area (Å²) in [5.41, 5.74) is 5.25. The molecule has 1 rings (SSSR count). The van der Waals surface area contributed by atoms with E-state index in [-0.39, 0.29) is 18.3 Å². The van der Waals surface area contributed by atoms with Gasteiger partial charge in [-0.05, 0) is 30.8 Å². The van der Waals surface area contributed by atoms with Crippen LogP contribution in [0.25, 0.3) is 0 Å². The molecule has 0 bridgehead atoms. The lowest BCUT2D eigenvalue weighted by Gasteiger charge is -2.30. The lowest BCUT2D eigenvalue weighted by atomic mass is 9.90. The van der Waals surface area contributed by atoms with Crippen LogP contribution in [0.5, 0.6) is 0 Å². The van der Waals surface area contributed by atoms with Crippen LogP contribution < -0.4 is 5.73 Å². The summed E-state index contributed by atoms with van der Waals surface area (Å²) in [6, 6.07) is 0. The Bertz CT molecular complexity index is 301. The Hall–Kier alpha value is -1.07. The summed E-state index contributed by atoms with van der Waals surface area (Å²) in [7, 11) is 0. The van der Waals surface area contributed by atoms with Crippen LogP contribution in [0, 0.1) is 11.8 Å². The van der Waals surface area contributed by atoms with E-state index in [1.165, 1.54) is 0 Å². The van der Waals surface area contributed by atoms with Crippen LogP contribution in [-0.4, -0.2) is 30.5 Å². The number of allylic oxidation sites excluding steroid dienone is 1. The molecule has 2 atom stereocenters. The van der Waals surface area contributed by atoms with Crippen molar-refractivity contribution in [2.75, 3.05) is 13.2 Å². The zero-order valence-corrected chi connectivity index (χ0v) is 11.1. The second kappa shape index (κ2) is 7.38. The van der Waals surface area contributed by atoms with Gasteiger partial charge in [0.1, 0.15) is 0 Å². The average Bonchev–Trinajstić information content (AvgIpc) is 2.34. The predicted molar refractivity (Wildman–Crippen MR) is 67.4 cm³/mol. The van der Waals surface area contributed by atoms with Gasteiger partial charge in [0, 0.05) is 13.0 Å². The van der Waals surface area contributed by atoms with Crippen molar-refractivity contribution in [1.82, 2.24) is 0 Å². The monoisotopic (exact) mass is 257 g/mol. The molecular weight excluding hydrogens is 234 g/mol. The molecule has 104 valence electrons. The van der Waals surface area contributed by atoms with Crippen molar-refractivity contribution in [2.45, 2.75) is 39.4 Å². The number of aliphatic hydroxyl groups excluding tert-OH is 1. The van der Waals surface area contributed by atoms with Gasteiger partial charge < -0.3 is 20.3 Å². The molecule has 0 aromatic carbocycles. The first-order chi connectivity index (χ1) is 8.54. The summed E-state index contributed by atoms with van der Waals surface area (Å²) in [6.07, 6.45) is 3.59. The maximum absolute atomic E-state index is 11.2. The van der Waals surface area contributed by atoms with Crippen LogP contribution in [0.15, 0.2) is 11.8 Å². The van der Waals surface area contributed by atoms with E-state index in [4.69, 9.17) is 20.3 Å². The lowest BCUT2D eigenvalue weighted by molar-refractivity contribution is -0.149. The molecule has 0 aromatic heterocycles. The Morgan fingerprint density at radius 1 is 1.61 bits per heavy atom. The maximum atomic E-state index is 11.2. The number of hydrogen-bond acceptors (Lipinski definition) is 4. The molecule has 1 aliphatic heterocycles. The predicted octanol–water partition coefficient (Wildman–Crippen LogP) is 1.16. The molecule has 5 heteroatoms. The fourth-order valence-corrected chi connectivity index (χ4v) is 1.85. The second-order valence-corrected chi connectivity index (χ2v) is 4.89. The summed E-state index contributed by atoms with van der Waals surface area (Å²) >= 11 is 0. The Morgan fingerprint density at radius 2 is 2.33 bits per heavy atom. The fraction of sp³-hybridized carbons (Fsp3) is 0.769. The number of amides is 1. The SMILES string of the molecule is CC(C)[C@H]1C=C(C(N)=O)O[C@@H](OCCCCO)C1. The van der Waals surface area contributed by atoms with E-state index in [0.717, 1.165) is 12.8 Å². The van der Waals surface area contributed by atoms with Crippen molar-refractivity contribution in [3.05, 3.63) is 11.8 Å². The fourth-order valence-electron chi connectivity index (χ4n) is 1.85. The number of nitrogens with two attached hydrogens (primary N) is 1. The van der Waals surface area contributed by atoms with E-state index < -0.39 is 12.2 Å². The van der Waals surface area contributed by atoms with Crippen molar-refractivity contribution < 1.29 is 19.4 Å². The van der Waals surface area contributed by atoms with Crippen molar-refractivity contribution >= 4 is 5.91 Å². The van der Waals surface area contributed by atoms with Gasteiger partial charge in [-0.25, -0.2) is 0 Å². The highest BCUT2D eigenvalue weighted by Crippen LogP contribution is 2.28. The normalized spacial score (nSPS) is 23.7. The van der Waals surface area contributed by atoms with Crippen LogP contribution in [0.2, 0.25) is 0 Å². The van der Waals surface area contributed by atoms with Crippen molar-refractivity contribution in [2.24, 2.45) is 17.6 Å². The number of unbranched alkanes of at least 4 members (excludes halogenated alkanes) is 1. The van der Waals surface area contributed by atoms with Gasteiger partial charge in [0.05, 0.1) is 6.61 Å². The first-order valence-corrected chi connectivity index (χ1v) is 6.45. The molecule has 0 spiro atoms. The topological polar surface area (TPSA) is 81.8 Å². The van der Waals surface area contributed by atoms with Crippen LogP contribution in [0.3, 0.4) is 0 Å². The van der Waals surface area contributed by atoms with Gasteiger partial charge in [-0.15, -0.1) is 0 Å². The van der Waals surface area contributed by atoms with E-state index in [1.54, 1.807) is 6.08 Å². The Labute approximate surface area is 108 Å². The van der Waals surface area contributed by atoms with E-state index in [0.29, 0.717) is 18.9 Å². The quantitative estimate of drug-likeness (QED) is 0.671. The molecule has 0 fully saturated rings. The molecule has 18 heavy (non-hydrogen) atoms. The van der Waals surface area contributed by atoms with Gasteiger partial charge in [-0.1, -0.05) is 13.8 Å². The van der Waals surface area contributed by atoms with Crippen LogP contribution in [-0.2, 0) is 14.3 Å². The molecule has 0 aromatic rings. The van der Waals surface area contributed by atoms with Crippen LogP contribution in [0.4, 0.5) is 0 Å². The molecule has 0 radical (unpaired) electrons. The maximum Gasteiger partial charge on any atom is 0.283 e. The third-order valence-electron chi connectivity index (χ3n) is 3.04.